The third-order valence-corrected chi connectivity index (χ3v) is 1.11. The third-order valence-electron chi connectivity index (χ3n) is 1.11. The first-order valence-electron chi connectivity index (χ1n) is 3.18. The van der Waals surface area contributed by atoms with Crippen molar-refractivity contribution in [3.8, 4) is 5.75 Å². The van der Waals surface area contributed by atoms with E-state index in [0.717, 1.165) is 0 Å². The van der Waals surface area contributed by atoms with E-state index < -0.39 is 5.97 Å². The number of hydrogen-bond acceptors (Lipinski definition) is 2. The molecule has 12 heavy (non-hydrogen) atoms. The van der Waals surface area contributed by atoms with Gasteiger partial charge in [0.1, 0.15) is 5.75 Å². The Kier molecular flexibility index (Phi) is 6.69. The van der Waals surface area contributed by atoms with Crippen LogP contribution >= 0.6 is 0 Å². The molecule has 0 saturated carbocycles. The van der Waals surface area contributed by atoms with Crippen LogP contribution in [0.3, 0.4) is 0 Å². The van der Waals surface area contributed by atoms with Crippen molar-refractivity contribution in [1.82, 2.24) is 0 Å². The van der Waals surface area contributed by atoms with E-state index in [4.69, 9.17) is 9.84 Å². The normalized spacial score (nSPS) is 8.33. The van der Waals surface area contributed by atoms with Gasteiger partial charge < -0.3 is 9.84 Å². The molecule has 1 rings (SSSR count). The van der Waals surface area contributed by atoms with Gasteiger partial charge in [-0.05, 0) is 12.1 Å². The predicted molar refractivity (Wildman–Crippen MR) is 46.7 cm³/mol. The maximum atomic E-state index is 10.0. The molecule has 1 aromatic rings. The number of aliphatic carboxylic acids is 1. The number of hydrogen-bond donors (Lipinski definition) is 1. The van der Waals surface area contributed by atoms with Crippen LogP contribution in [0.1, 0.15) is 0 Å². The zero-order valence-corrected chi connectivity index (χ0v) is 5.86. The van der Waals surface area contributed by atoms with Crippen molar-refractivity contribution < 1.29 is 14.6 Å². The summed E-state index contributed by atoms with van der Waals surface area (Å²) in [6.07, 6.45) is 0. The van der Waals surface area contributed by atoms with Gasteiger partial charge in [-0.25, -0.2) is 4.79 Å². The Morgan fingerprint density at radius 3 is 2.42 bits per heavy atom. The van der Waals surface area contributed by atoms with Crippen LogP contribution in [-0.4, -0.2) is 69.1 Å². The van der Waals surface area contributed by atoms with Crippen molar-refractivity contribution in [3.63, 3.8) is 0 Å². The Labute approximate surface area is 113 Å². The van der Waals surface area contributed by atoms with Crippen LogP contribution in [0.2, 0.25) is 0 Å². The maximum absolute atomic E-state index is 10.0. The molecular weight excluding hydrogens is 183 g/mol. The monoisotopic (exact) mass is 192 g/mol. The molecule has 0 amide bonds. The fraction of sp³-hybridized carbons (Fsp3) is 0.125. The molecule has 4 heteroatoms. The number of carboxylic acids is 1. The molecule has 0 saturated heterocycles. The Morgan fingerprint density at radius 2 is 1.92 bits per heavy atom. The Morgan fingerprint density at radius 1 is 1.33 bits per heavy atom. The van der Waals surface area contributed by atoms with Crippen molar-refractivity contribution in [2.45, 2.75) is 0 Å². The number of benzene rings is 1. The number of carboxylic acid groups (broad SMARTS) is 1. The van der Waals surface area contributed by atoms with Crippen LogP contribution in [0.25, 0.3) is 0 Å². The molecule has 0 fully saturated rings. The minimum atomic E-state index is -0.964. The van der Waals surface area contributed by atoms with Crippen molar-refractivity contribution >= 4 is 57.4 Å². The average Bonchev–Trinajstić information content (AvgIpc) is 2.03. The fourth-order valence-corrected chi connectivity index (χ4v) is 0.662. The minimum absolute atomic E-state index is 0. The first-order chi connectivity index (χ1) is 5.29. The molecule has 0 aliphatic heterocycles. The summed E-state index contributed by atoms with van der Waals surface area (Å²) in [7, 11) is 0. The Hall–Kier alpha value is 0.126. The van der Waals surface area contributed by atoms with E-state index in [9.17, 15) is 4.79 Å². The van der Waals surface area contributed by atoms with Gasteiger partial charge in [-0.15, -0.1) is 0 Å². The van der Waals surface area contributed by atoms with Gasteiger partial charge in [0.05, 0.1) is 0 Å². The molecule has 0 radical (unpaired) electrons. The van der Waals surface area contributed by atoms with Crippen LogP contribution in [0.15, 0.2) is 30.3 Å². The van der Waals surface area contributed by atoms with E-state index in [1.807, 2.05) is 6.07 Å². The zero-order chi connectivity index (χ0) is 8.10. The van der Waals surface area contributed by atoms with Gasteiger partial charge in [-0.3, -0.25) is 0 Å². The van der Waals surface area contributed by atoms with Crippen LogP contribution in [0.4, 0.5) is 0 Å². The molecule has 0 bridgehead atoms. The molecule has 0 aromatic heterocycles. The van der Waals surface area contributed by atoms with E-state index in [2.05, 4.69) is 0 Å². The van der Waals surface area contributed by atoms with E-state index >= 15 is 0 Å². The average molecular weight is 192 g/mol. The summed E-state index contributed by atoms with van der Waals surface area (Å²) in [4.78, 5) is 10.0. The molecule has 0 aliphatic carbocycles. The van der Waals surface area contributed by atoms with E-state index in [1.165, 1.54) is 0 Å². The number of carbonyl (C=O) groups is 1. The molecule has 0 spiro atoms. The summed E-state index contributed by atoms with van der Waals surface area (Å²) >= 11 is 0. The topological polar surface area (TPSA) is 46.5 Å². The van der Waals surface area contributed by atoms with Crippen LogP contribution in [-0.2, 0) is 4.79 Å². The molecule has 3 nitrogen and oxygen atoms in total. The third kappa shape index (κ3) is 4.90. The molecular formula is C8H9KO3. The number of rotatable bonds is 3. The zero-order valence-electron chi connectivity index (χ0n) is 5.86. The van der Waals surface area contributed by atoms with Crippen molar-refractivity contribution in [1.29, 1.82) is 0 Å². The summed E-state index contributed by atoms with van der Waals surface area (Å²) in [5.74, 6) is -0.385. The Balaban J connectivity index is 0.00000121. The van der Waals surface area contributed by atoms with E-state index in [0.29, 0.717) is 5.75 Å². The van der Waals surface area contributed by atoms with Gasteiger partial charge in [-0.1, -0.05) is 18.2 Å². The van der Waals surface area contributed by atoms with Gasteiger partial charge in [0, 0.05) is 0 Å². The second-order valence-electron chi connectivity index (χ2n) is 2.00. The van der Waals surface area contributed by atoms with E-state index in [1.54, 1.807) is 24.3 Å². The molecule has 0 atom stereocenters. The van der Waals surface area contributed by atoms with Crippen molar-refractivity contribution in [2.75, 3.05) is 6.61 Å². The Bertz CT molecular complexity index is 235. The summed E-state index contributed by atoms with van der Waals surface area (Å²) in [6.45, 7) is -0.288. The van der Waals surface area contributed by atoms with E-state index in [-0.39, 0.29) is 58.0 Å². The fourth-order valence-electron chi connectivity index (χ4n) is 0.662. The van der Waals surface area contributed by atoms with Crippen molar-refractivity contribution in [3.05, 3.63) is 30.3 Å². The molecule has 1 N–H and O–H groups in total. The SMILES string of the molecule is O=C(O)COc1ccccc1.[KH]. The van der Waals surface area contributed by atoms with Gasteiger partial charge in [0.2, 0.25) is 0 Å². The first-order valence-corrected chi connectivity index (χ1v) is 3.18. The summed E-state index contributed by atoms with van der Waals surface area (Å²) in [5, 5.41) is 8.25. The van der Waals surface area contributed by atoms with Crippen LogP contribution < -0.4 is 4.74 Å². The van der Waals surface area contributed by atoms with Crippen LogP contribution in [0, 0.1) is 0 Å². The van der Waals surface area contributed by atoms with Crippen LogP contribution in [0.5, 0.6) is 5.75 Å². The summed E-state index contributed by atoms with van der Waals surface area (Å²) in [6, 6.07) is 8.84. The molecule has 0 heterocycles. The first kappa shape index (κ1) is 12.1. The number of ether oxygens (including phenoxy) is 1. The molecule has 0 aliphatic rings. The summed E-state index contributed by atoms with van der Waals surface area (Å²) < 4.78 is 4.87. The second-order valence-corrected chi connectivity index (χ2v) is 2.00. The van der Waals surface area contributed by atoms with Gasteiger partial charge in [0.25, 0.3) is 0 Å². The standard InChI is InChI=1S/C8H8O3.K.H/c9-8(10)6-11-7-4-2-1-3-5-7;;/h1-5H,6H2,(H,9,10);;. The van der Waals surface area contributed by atoms with Crippen molar-refractivity contribution in [2.24, 2.45) is 0 Å². The van der Waals surface area contributed by atoms with Gasteiger partial charge >= 0.3 is 57.4 Å². The molecule has 60 valence electrons. The number of para-hydroxylation sites is 1. The quantitative estimate of drug-likeness (QED) is 0.709. The van der Waals surface area contributed by atoms with Gasteiger partial charge in [-0.2, -0.15) is 0 Å². The molecule has 1 aromatic carbocycles. The summed E-state index contributed by atoms with van der Waals surface area (Å²) in [5.41, 5.74) is 0. The second kappa shape index (κ2) is 6.62. The molecule has 0 unspecified atom stereocenters. The predicted octanol–water partition coefficient (Wildman–Crippen LogP) is 0.502. The van der Waals surface area contributed by atoms with Gasteiger partial charge in [0.15, 0.2) is 6.61 Å².